The molecule has 0 aromatic heterocycles. The van der Waals surface area contributed by atoms with Gasteiger partial charge in [0.2, 0.25) is 10.0 Å². The average Bonchev–Trinajstić information content (AvgIpc) is 2.47. The molecule has 1 aliphatic heterocycles. The predicted octanol–water partition coefficient (Wildman–Crippen LogP) is 5.27. The van der Waals surface area contributed by atoms with Crippen LogP contribution >= 0.6 is 0 Å². The molecule has 1 heterocycles. The predicted molar refractivity (Wildman–Crippen MR) is 103 cm³/mol. The SMILES string of the molecule is CC.Cc1ccc(S(=O)(=O)N2CCCCC2(C)C)c(C(C)(C)C)c1. The second-order valence-corrected chi connectivity index (χ2v) is 9.93. The molecule has 0 unspecified atom stereocenters. The third kappa shape index (κ3) is 4.40. The molecule has 1 aromatic carbocycles. The fourth-order valence-corrected chi connectivity index (χ4v) is 5.49. The quantitative estimate of drug-likeness (QED) is 0.726. The highest BCUT2D eigenvalue weighted by Gasteiger charge is 2.40. The van der Waals surface area contributed by atoms with Crippen molar-refractivity contribution in [1.82, 2.24) is 4.31 Å². The first kappa shape index (κ1) is 21.2. The summed E-state index contributed by atoms with van der Waals surface area (Å²) >= 11 is 0. The molecule has 1 aliphatic rings. The molecule has 1 fully saturated rings. The van der Waals surface area contributed by atoms with Crippen LogP contribution in [0.5, 0.6) is 0 Å². The molecule has 4 heteroatoms. The van der Waals surface area contributed by atoms with E-state index >= 15 is 0 Å². The lowest BCUT2D eigenvalue weighted by molar-refractivity contribution is 0.169. The van der Waals surface area contributed by atoms with E-state index in [1.807, 2.05) is 46.8 Å². The molecule has 138 valence electrons. The molecule has 2 rings (SSSR count). The Balaban J connectivity index is 0.00000139. The molecule has 0 aliphatic carbocycles. The van der Waals surface area contributed by atoms with Crippen LogP contribution in [0.1, 0.15) is 78.9 Å². The van der Waals surface area contributed by atoms with Crippen molar-refractivity contribution in [2.45, 2.75) is 90.5 Å². The summed E-state index contributed by atoms with van der Waals surface area (Å²) in [5, 5.41) is 0. The fourth-order valence-electron chi connectivity index (χ4n) is 3.26. The Bertz CT molecular complexity index is 655. The van der Waals surface area contributed by atoms with Crippen molar-refractivity contribution >= 4 is 10.0 Å². The number of sulfonamides is 1. The van der Waals surface area contributed by atoms with E-state index in [9.17, 15) is 8.42 Å². The summed E-state index contributed by atoms with van der Waals surface area (Å²) in [5.41, 5.74) is 1.50. The van der Waals surface area contributed by atoms with Gasteiger partial charge >= 0.3 is 0 Å². The van der Waals surface area contributed by atoms with Gasteiger partial charge in [0.05, 0.1) is 4.90 Å². The van der Waals surface area contributed by atoms with Crippen LogP contribution < -0.4 is 0 Å². The first-order chi connectivity index (χ1) is 11.0. The highest BCUT2D eigenvalue weighted by Crippen LogP contribution is 2.37. The largest absolute Gasteiger partial charge is 0.243 e. The second kappa shape index (κ2) is 7.57. The van der Waals surface area contributed by atoms with Gasteiger partial charge in [-0.2, -0.15) is 4.31 Å². The summed E-state index contributed by atoms with van der Waals surface area (Å²) < 4.78 is 28.3. The van der Waals surface area contributed by atoms with Gasteiger partial charge in [-0.3, -0.25) is 0 Å². The van der Waals surface area contributed by atoms with Crippen LogP contribution in [0.4, 0.5) is 0 Å². The molecule has 0 atom stereocenters. The molecule has 0 saturated carbocycles. The minimum atomic E-state index is -3.47. The number of nitrogens with zero attached hydrogens (tertiary/aromatic N) is 1. The lowest BCUT2D eigenvalue weighted by Gasteiger charge is -2.42. The Labute approximate surface area is 149 Å². The van der Waals surface area contributed by atoms with Crippen LogP contribution in [0, 0.1) is 6.92 Å². The van der Waals surface area contributed by atoms with Gasteiger partial charge in [0.15, 0.2) is 0 Å². The second-order valence-electron chi connectivity index (χ2n) is 8.10. The number of rotatable bonds is 2. The summed E-state index contributed by atoms with van der Waals surface area (Å²) in [6.07, 6.45) is 2.96. The van der Waals surface area contributed by atoms with E-state index in [2.05, 4.69) is 20.8 Å². The van der Waals surface area contributed by atoms with Gasteiger partial charge in [0.25, 0.3) is 0 Å². The average molecular weight is 354 g/mol. The molecule has 0 spiro atoms. The van der Waals surface area contributed by atoms with Crippen LogP contribution in [0.15, 0.2) is 23.1 Å². The van der Waals surface area contributed by atoms with E-state index in [-0.39, 0.29) is 11.0 Å². The minimum absolute atomic E-state index is 0.200. The van der Waals surface area contributed by atoms with Gasteiger partial charge in [-0.05, 0) is 50.7 Å². The van der Waals surface area contributed by atoms with E-state index < -0.39 is 10.0 Å². The smallest absolute Gasteiger partial charge is 0.207 e. The van der Waals surface area contributed by atoms with Crippen LogP contribution in [0.2, 0.25) is 0 Å². The van der Waals surface area contributed by atoms with Crippen LogP contribution in [0.25, 0.3) is 0 Å². The summed E-state index contributed by atoms with van der Waals surface area (Å²) in [7, 11) is -3.47. The third-order valence-corrected chi connectivity index (χ3v) is 6.75. The van der Waals surface area contributed by atoms with Crippen molar-refractivity contribution in [3.05, 3.63) is 29.3 Å². The van der Waals surface area contributed by atoms with Crippen LogP contribution in [-0.4, -0.2) is 24.8 Å². The maximum Gasteiger partial charge on any atom is 0.243 e. The van der Waals surface area contributed by atoms with Crippen LogP contribution in [0.3, 0.4) is 0 Å². The first-order valence-corrected chi connectivity index (χ1v) is 10.5. The standard InChI is InChI=1S/C18H29NO2S.C2H6/c1-14-9-10-16(15(13-14)17(2,3)4)22(20,21)19-12-8-7-11-18(19,5)6;1-2/h9-10,13H,7-8,11-12H2,1-6H3;1-2H3. The lowest BCUT2D eigenvalue weighted by atomic mass is 9.86. The maximum atomic E-state index is 13.3. The highest BCUT2D eigenvalue weighted by molar-refractivity contribution is 7.89. The normalized spacial score (nSPS) is 18.7. The molecule has 0 radical (unpaired) electrons. The molecular formula is C20H35NO2S. The van der Waals surface area contributed by atoms with Gasteiger partial charge in [-0.1, -0.05) is 58.7 Å². The van der Waals surface area contributed by atoms with Gasteiger partial charge in [-0.25, -0.2) is 8.42 Å². The molecule has 0 N–H and O–H groups in total. The topological polar surface area (TPSA) is 37.4 Å². The van der Waals surface area contributed by atoms with Crippen molar-refractivity contribution in [2.24, 2.45) is 0 Å². The van der Waals surface area contributed by atoms with Gasteiger partial charge in [0, 0.05) is 12.1 Å². The monoisotopic (exact) mass is 353 g/mol. The van der Waals surface area contributed by atoms with E-state index in [4.69, 9.17) is 0 Å². The van der Waals surface area contributed by atoms with Crippen LogP contribution in [-0.2, 0) is 15.4 Å². The van der Waals surface area contributed by atoms with Crippen molar-refractivity contribution in [3.8, 4) is 0 Å². The Hall–Kier alpha value is -0.870. The van der Waals surface area contributed by atoms with E-state index in [0.717, 1.165) is 30.4 Å². The first-order valence-electron chi connectivity index (χ1n) is 9.10. The Morgan fingerprint density at radius 1 is 1.08 bits per heavy atom. The van der Waals surface area contributed by atoms with E-state index in [1.54, 1.807) is 10.4 Å². The number of piperidine rings is 1. The molecule has 3 nitrogen and oxygen atoms in total. The fraction of sp³-hybridized carbons (Fsp3) is 0.700. The zero-order valence-electron chi connectivity index (χ0n) is 16.7. The number of benzene rings is 1. The lowest BCUT2D eigenvalue weighted by Crippen LogP contribution is -2.50. The molecule has 1 aromatic rings. The zero-order chi connectivity index (χ0) is 18.8. The van der Waals surface area contributed by atoms with Crippen molar-refractivity contribution in [3.63, 3.8) is 0 Å². The molecule has 1 saturated heterocycles. The highest BCUT2D eigenvalue weighted by atomic mass is 32.2. The molecule has 0 amide bonds. The van der Waals surface area contributed by atoms with E-state index in [1.165, 1.54) is 0 Å². The van der Waals surface area contributed by atoms with Crippen molar-refractivity contribution in [2.75, 3.05) is 6.54 Å². The molecular weight excluding hydrogens is 318 g/mol. The molecule has 24 heavy (non-hydrogen) atoms. The van der Waals surface area contributed by atoms with E-state index in [0.29, 0.717) is 11.4 Å². The Morgan fingerprint density at radius 3 is 2.17 bits per heavy atom. The minimum Gasteiger partial charge on any atom is -0.207 e. The summed E-state index contributed by atoms with van der Waals surface area (Å²) in [6, 6.07) is 5.71. The summed E-state index contributed by atoms with van der Waals surface area (Å²) in [5.74, 6) is 0. The van der Waals surface area contributed by atoms with Crippen molar-refractivity contribution < 1.29 is 8.42 Å². The third-order valence-electron chi connectivity index (χ3n) is 4.59. The van der Waals surface area contributed by atoms with Gasteiger partial charge in [-0.15, -0.1) is 0 Å². The van der Waals surface area contributed by atoms with Gasteiger partial charge < -0.3 is 0 Å². The zero-order valence-corrected chi connectivity index (χ0v) is 17.5. The number of aryl methyl sites for hydroxylation is 1. The van der Waals surface area contributed by atoms with Gasteiger partial charge in [0.1, 0.15) is 0 Å². The Kier molecular flexibility index (Phi) is 6.68. The Morgan fingerprint density at radius 2 is 1.67 bits per heavy atom. The van der Waals surface area contributed by atoms with Crippen molar-refractivity contribution in [1.29, 1.82) is 0 Å². The molecule has 0 bridgehead atoms. The number of hydrogen-bond acceptors (Lipinski definition) is 2. The summed E-state index contributed by atoms with van der Waals surface area (Å²) in [4.78, 5) is 0.473. The number of hydrogen-bond donors (Lipinski definition) is 0. The maximum absolute atomic E-state index is 13.3. The summed E-state index contributed by atoms with van der Waals surface area (Å²) in [6.45, 7) is 16.9.